The van der Waals surface area contributed by atoms with Crippen molar-refractivity contribution >= 4 is 0 Å². The summed E-state index contributed by atoms with van der Waals surface area (Å²) in [5.41, 5.74) is 0.722. The third kappa shape index (κ3) is 1.17. The lowest BCUT2D eigenvalue weighted by Gasteiger charge is -2.11. The van der Waals surface area contributed by atoms with E-state index in [1.807, 2.05) is 0 Å². The highest BCUT2D eigenvalue weighted by atomic mass is 16.8. The second-order valence-corrected chi connectivity index (χ2v) is 3.14. The maximum absolute atomic E-state index is 10.6. The van der Waals surface area contributed by atoms with Gasteiger partial charge in [0.05, 0.1) is 6.92 Å². The topological polar surface area (TPSA) is 61.6 Å². The molecule has 0 saturated heterocycles. The van der Waals surface area contributed by atoms with Crippen molar-refractivity contribution in [3.05, 3.63) is 40.8 Å². The van der Waals surface area contributed by atoms with Gasteiger partial charge in [0.1, 0.15) is 4.92 Å². The minimum absolute atomic E-state index is 0.358. The maximum atomic E-state index is 10.6. The van der Waals surface area contributed by atoms with Crippen molar-refractivity contribution < 1.29 is 14.4 Å². The molecule has 1 aromatic rings. The van der Waals surface area contributed by atoms with Gasteiger partial charge in [0, 0.05) is 0 Å². The molecule has 0 bridgehead atoms. The molecule has 1 atom stereocenters. The molecule has 5 nitrogen and oxygen atoms in total. The highest BCUT2D eigenvalue weighted by molar-refractivity contribution is 5.46. The third-order valence-electron chi connectivity index (χ3n) is 1.94. The van der Waals surface area contributed by atoms with Crippen molar-refractivity contribution in [2.45, 2.75) is 12.8 Å². The number of nitro groups is 1. The Labute approximate surface area is 80.4 Å². The van der Waals surface area contributed by atoms with E-state index in [0.29, 0.717) is 11.5 Å². The molecule has 1 aliphatic heterocycles. The van der Waals surface area contributed by atoms with E-state index < -0.39 is 10.8 Å². The SMILES string of the molecule is [CH2]c1ccc2c(c1)OC(C)([N+](=O)[O-])O2. The van der Waals surface area contributed by atoms with E-state index in [2.05, 4.69) is 6.92 Å². The van der Waals surface area contributed by atoms with Crippen LogP contribution in [0.3, 0.4) is 0 Å². The number of rotatable bonds is 1. The van der Waals surface area contributed by atoms with Crippen LogP contribution in [0, 0.1) is 17.0 Å². The lowest BCUT2D eigenvalue weighted by molar-refractivity contribution is -0.652. The fourth-order valence-corrected chi connectivity index (χ4v) is 1.22. The molecule has 0 aliphatic carbocycles. The van der Waals surface area contributed by atoms with E-state index >= 15 is 0 Å². The van der Waals surface area contributed by atoms with E-state index in [1.165, 1.54) is 6.92 Å². The Morgan fingerprint density at radius 1 is 1.43 bits per heavy atom. The second kappa shape index (κ2) is 2.60. The number of nitrogens with zero attached hydrogens (tertiary/aromatic N) is 1. The summed E-state index contributed by atoms with van der Waals surface area (Å²) in [6.07, 6.45) is 0. The fourth-order valence-electron chi connectivity index (χ4n) is 1.22. The first-order valence-corrected chi connectivity index (χ1v) is 4.00. The van der Waals surface area contributed by atoms with Crippen LogP contribution in [0.15, 0.2) is 18.2 Å². The van der Waals surface area contributed by atoms with E-state index in [1.54, 1.807) is 18.2 Å². The monoisotopic (exact) mass is 194 g/mol. The first-order chi connectivity index (χ1) is 6.51. The van der Waals surface area contributed by atoms with Gasteiger partial charge < -0.3 is 9.47 Å². The van der Waals surface area contributed by atoms with Crippen LogP contribution in [-0.4, -0.2) is 10.8 Å². The molecule has 0 aromatic heterocycles. The van der Waals surface area contributed by atoms with Gasteiger partial charge in [-0.1, -0.05) is 6.07 Å². The van der Waals surface area contributed by atoms with Crippen LogP contribution in [0.5, 0.6) is 11.5 Å². The van der Waals surface area contributed by atoms with E-state index in [0.717, 1.165) is 5.56 Å². The molecule has 0 amide bonds. The summed E-state index contributed by atoms with van der Waals surface area (Å²) in [5.74, 6) is -1.08. The zero-order chi connectivity index (χ0) is 10.3. The predicted octanol–water partition coefficient (Wildman–Crippen LogP) is 1.59. The Morgan fingerprint density at radius 2 is 2.07 bits per heavy atom. The van der Waals surface area contributed by atoms with Crippen molar-refractivity contribution in [1.29, 1.82) is 0 Å². The van der Waals surface area contributed by atoms with Gasteiger partial charge in [0.2, 0.25) is 0 Å². The van der Waals surface area contributed by atoms with Gasteiger partial charge in [0.25, 0.3) is 0 Å². The van der Waals surface area contributed by atoms with Crippen LogP contribution in [0.1, 0.15) is 12.5 Å². The van der Waals surface area contributed by atoms with Crippen LogP contribution in [-0.2, 0) is 0 Å². The van der Waals surface area contributed by atoms with Crippen molar-refractivity contribution in [2.24, 2.45) is 0 Å². The van der Waals surface area contributed by atoms with Crippen LogP contribution in [0.2, 0.25) is 0 Å². The summed E-state index contributed by atoms with van der Waals surface area (Å²) >= 11 is 0. The number of ether oxygens (including phenoxy) is 2. The second-order valence-electron chi connectivity index (χ2n) is 3.14. The molecule has 0 N–H and O–H groups in total. The molecule has 5 heteroatoms. The van der Waals surface area contributed by atoms with E-state index in [4.69, 9.17) is 9.47 Å². The zero-order valence-corrected chi connectivity index (χ0v) is 7.52. The quantitative estimate of drug-likeness (QED) is 0.503. The minimum atomic E-state index is -1.81. The molecule has 1 unspecified atom stereocenters. The molecule has 1 radical (unpaired) electrons. The highest BCUT2D eigenvalue weighted by Crippen LogP contribution is 2.39. The zero-order valence-electron chi connectivity index (χ0n) is 7.52. The Morgan fingerprint density at radius 3 is 2.71 bits per heavy atom. The average Bonchev–Trinajstić information content (AvgIpc) is 2.42. The van der Waals surface area contributed by atoms with Gasteiger partial charge in [-0.3, -0.25) is 10.1 Å². The van der Waals surface area contributed by atoms with E-state index in [-0.39, 0.29) is 0 Å². The molecule has 14 heavy (non-hydrogen) atoms. The van der Waals surface area contributed by atoms with Crippen molar-refractivity contribution in [2.75, 3.05) is 0 Å². The molecule has 1 aromatic carbocycles. The molecule has 73 valence electrons. The highest BCUT2D eigenvalue weighted by Gasteiger charge is 2.49. The summed E-state index contributed by atoms with van der Waals surface area (Å²) in [6, 6.07) is 4.91. The Bertz CT molecular complexity index is 404. The normalized spacial score (nSPS) is 23.6. The largest absolute Gasteiger partial charge is 0.523 e. The molecule has 2 rings (SSSR count). The summed E-state index contributed by atoms with van der Waals surface area (Å²) in [4.78, 5) is 10.0. The average molecular weight is 194 g/mol. The molecule has 1 heterocycles. The van der Waals surface area contributed by atoms with Gasteiger partial charge in [-0.05, 0) is 24.6 Å². The lowest BCUT2D eigenvalue weighted by atomic mass is 10.2. The summed E-state index contributed by atoms with van der Waals surface area (Å²) in [6.45, 7) is 4.94. The van der Waals surface area contributed by atoms with Gasteiger partial charge in [-0.25, -0.2) is 0 Å². The van der Waals surface area contributed by atoms with Crippen molar-refractivity contribution in [3.63, 3.8) is 0 Å². The molecular weight excluding hydrogens is 186 g/mol. The molecule has 0 spiro atoms. The van der Waals surface area contributed by atoms with Crippen LogP contribution in [0.25, 0.3) is 0 Å². The smallest absolute Gasteiger partial charge is 0.392 e. The molecule has 1 aliphatic rings. The third-order valence-corrected chi connectivity index (χ3v) is 1.94. The van der Waals surface area contributed by atoms with Gasteiger partial charge in [0.15, 0.2) is 11.5 Å². The minimum Gasteiger partial charge on any atom is -0.392 e. The number of hydrogen-bond donors (Lipinski definition) is 0. The summed E-state index contributed by atoms with van der Waals surface area (Å²) < 4.78 is 10.1. The predicted molar refractivity (Wildman–Crippen MR) is 47.6 cm³/mol. The lowest BCUT2D eigenvalue weighted by Crippen LogP contribution is -2.43. The van der Waals surface area contributed by atoms with Crippen molar-refractivity contribution in [1.82, 2.24) is 0 Å². The summed E-state index contributed by atoms with van der Waals surface area (Å²) in [5, 5.41) is 10.6. The van der Waals surface area contributed by atoms with E-state index in [9.17, 15) is 10.1 Å². The van der Waals surface area contributed by atoms with Crippen molar-refractivity contribution in [3.8, 4) is 11.5 Å². The molecule has 0 saturated carbocycles. The van der Waals surface area contributed by atoms with Gasteiger partial charge in [-0.2, -0.15) is 0 Å². The Hall–Kier alpha value is -1.78. The standard InChI is InChI=1S/C9H8NO4/c1-6-3-4-7-8(5-6)14-9(2,13-7)10(11)12/h3-5H,1H2,2H3. The molecular formula is C9H8NO4. The number of fused-ring (bicyclic) bond motifs is 1. The first kappa shape index (κ1) is 8.80. The number of hydrogen-bond acceptors (Lipinski definition) is 4. The summed E-state index contributed by atoms with van der Waals surface area (Å²) in [7, 11) is 0. The number of benzene rings is 1. The van der Waals surface area contributed by atoms with Crippen LogP contribution < -0.4 is 9.47 Å². The Kier molecular flexibility index (Phi) is 1.64. The van der Waals surface area contributed by atoms with Crippen LogP contribution >= 0.6 is 0 Å². The fraction of sp³-hybridized carbons (Fsp3) is 0.222. The molecule has 0 fully saturated rings. The van der Waals surface area contributed by atoms with Gasteiger partial charge >= 0.3 is 5.91 Å². The maximum Gasteiger partial charge on any atom is 0.523 e. The first-order valence-electron chi connectivity index (χ1n) is 4.00. The Balaban J connectivity index is 2.39. The van der Waals surface area contributed by atoms with Crippen LogP contribution in [0.4, 0.5) is 0 Å². The van der Waals surface area contributed by atoms with Gasteiger partial charge in [-0.15, -0.1) is 0 Å².